The van der Waals surface area contributed by atoms with Gasteiger partial charge in [0.05, 0.1) is 16.9 Å². The Morgan fingerprint density at radius 1 is 0.783 bits per heavy atom. The second-order valence-corrected chi connectivity index (χ2v) is 5.41. The van der Waals surface area contributed by atoms with Crippen LogP contribution in [0.25, 0.3) is 44.4 Å². The fourth-order valence-electron chi connectivity index (χ4n) is 2.85. The van der Waals surface area contributed by atoms with Crippen molar-refractivity contribution in [1.82, 2.24) is 15.0 Å². The Kier molecular flexibility index (Phi) is 2.46. The van der Waals surface area contributed by atoms with Gasteiger partial charge in [0.15, 0.2) is 0 Å². The summed E-state index contributed by atoms with van der Waals surface area (Å²) in [5.41, 5.74) is 3.96. The zero-order valence-corrected chi connectivity index (χ0v) is 12.1. The molecule has 0 aliphatic rings. The summed E-state index contributed by atoms with van der Waals surface area (Å²) in [5, 5.41) is 3.11. The second-order valence-electron chi connectivity index (χ2n) is 5.41. The summed E-state index contributed by atoms with van der Waals surface area (Å²) in [4.78, 5) is 13.5. The molecule has 4 aromatic heterocycles. The first-order chi connectivity index (χ1) is 11.4. The molecular weight excluding hydrogens is 286 g/mol. The minimum absolute atomic E-state index is 0.631. The van der Waals surface area contributed by atoms with Crippen LogP contribution in [0.5, 0.6) is 0 Å². The normalized spacial score (nSPS) is 11.5. The van der Waals surface area contributed by atoms with Crippen LogP contribution in [0.15, 0.2) is 71.4 Å². The third kappa shape index (κ3) is 1.89. The molecule has 0 aliphatic heterocycles. The van der Waals surface area contributed by atoms with Gasteiger partial charge in [-0.05, 0) is 36.4 Å². The minimum atomic E-state index is 0.631. The molecule has 0 radical (unpaired) electrons. The molecule has 0 saturated heterocycles. The van der Waals surface area contributed by atoms with E-state index in [1.165, 1.54) is 0 Å². The lowest BCUT2D eigenvalue weighted by atomic mass is 10.1. The van der Waals surface area contributed by atoms with E-state index in [2.05, 4.69) is 15.0 Å². The van der Waals surface area contributed by atoms with Gasteiger partial charge in [-0.3, -0.25) is 9.97 Å². The SMILES string of the molecule is c1cnc2cc(-c3ccc4c(n3)oc3ccccc34)ncc2c1. The molecule has 0 atom stereocenters. The minimum Gasteiger partial charge on any atom is -0.438 e. The summed E-state index contributed by atoms with van der Waals surface area (Å²) >= 11 is 0. The highest BCUT2D eigenvalue weighted by Crippen LogP contribution is 2.29. The van der Waals surface area contributed by atoms with E-state index in [0.29, 0.717) is 5.71 Å². The van der Waals surface area contributed by atoms with Gasteiger partial charge >= 0.3 is 0 Å². The molecule has 0 aliphatic carbocycles. The van der Waals surface area contributed by atoms with Crippen molar-refractivity contribution in [1.29, 1.82) is 0 Å². The van der Waals surface area contributed by atoms with Crippen LogP contribution in [-0.2, 0) is 0 Å². The van der Waals surface area contributed by atoms with E-state index in [1.54, 1.807) is 6.20 Å². The molecule has 4 heteroatoms. The highest BCUT2D eigenvalue weighted by atomic mass is 16.3. The molecule has 0 fully saturated rings. The number of rotatable bonds is 1. The topological polar surface area (TPSA) is 51.8 Å². The summed E-state index contributed by atoms with van der Waals surface area (Å²) in [6.07, 6.45) is 3.60. The van der Waals surface area contributed by atoms with E-state index in [1.807, 2.05) is 60.8 Å². The average Bonchev–Trinajstić information content (AvgIpc) is 2.99. The van der Waals surface area contributed by atoms with Gasteiger partial charge in [0, 0.05) is 28.6 Å². The molecule has 1 aromatic carbocycles. The van der Waals surface area contributed by atoms with Crippen LogP contribution in [-0.4, -0.2) is 15.0 Å². The summed E-state index contributed by atoms with van der Waals surface area (Å²) < 4.78 is 5.85. The Balaban J connectivity index is 1.73. The molecule has 23 heavy (non-hydrogen) atoms. The van der Waals surface area contributed by atoms with Crippen molar-refractivity contribution in [3.63, 3.8) is 0 Å². The van der Waals surface area contributed by atoms with Crippen molar-refractivity contribution in [3.8, 4) is 11.4 Å². The predicted octanol–water partition coefficient (Wildman–Crippen LogP) is 4.59. The highest BCUT2D eigenvalue weighted by Gasteiger charge is 2.10. The maximum absolute atomic E-state index is 5.85. The lowest BCUT2D eigenvalue weighted by molar-refractivity contribution is 0.654. The fraction of sp³-hybridized carbons (Fsp3) is 0. The van der Waals surface area contributed by atoms with Crippen molar-refractivity contribution >= 4 is 33.0 Å². The van der Waals surface area contributed by atoms with Crippen LogP contribution in [0.2, 0.25) is 0 Å². The van der Waals surface area contributed by atoms with Crippen molar-refractivity contribution in [2.75, 3.05) is 0 Å². The Morgan fingerprint density at radius 3 is 2.74 bits per heavy atom. The van der Waals surface area contributed by atoms with Gasteiger partial charge in [0.2, 0.25) is 5.71 Å². The first-order valence-corrected chi connectivity index (χ1v) is 7.38. The summed E-state index contributed by atoms with van der Waals surface area (Å²) in [6, 6.07) is 17.8. The molecule has 5 aromatic rings. The maximum Gasteiger partial charge on any atom is 0.227 e. The molecule has 4 heterocycles. The molecule has 0 saturated carbocycles. The number of pyridine rings is 3. The number of benzene rings is 1. The number of nitrogens with zero attached hydrogens (tertiary/aromatic N) is 3. The van der Waals surface area contributed by atoms with Gasteiger partial charge in [0.25, 0.3) is 0 Å². The molecule has 0 spiro atoms. The Bertz CT molecular complexity index is 1180. The van der Waals surface area contributed by atoms with Gasteiger partial charge in [-0.2, -0.15) is 0 Å². The number of fused-ring (bicyclic) bond motifs is 4. The third-order valence-electron chi connectivity index (χ3n) is 3.99. The number of hydrogen-bond acceptors (Lipinski definition) is 4. The third-order valence-corrected chi connectivity index (χ3v) is 3.99. The predicted molar refractivity (Wildman–Crippen MR) is 90.0 cm³/mol. The van der Waals surface area contributed by atoms with Crippen LogP contribution in [0.1, 0.15) is 0 Å². The number of furan rings is 1. The van der Waals surface area contributed by atoms with Gasteiger partial charge < -0.3 is 4.42 Å². The van der Waals surface area contributed by atoms with E-state index >= 15 is 0 Å². The van der Waals surface area contributed by atoms with Gasteiger partial charge in [-0.15, -0.1) is 0 Å². The largest absolute Gasteiger partial charge is 0.438 e. The van der Waals surface area contributed by atoms with Gasteiger partial charge in [-0.1, -0.05) is 18.2 Å². The van der Waals surface area contributed by atoms with Crippen LogP contribution in [0, 0.1) is 0 Å². The quantitative estimate of drug-likeness (QED) is 0.454. The van der Waals surface area contributed by atoms with Crippen molar-refractivity contribution in [2.45, 2.75) is 0 Å². The molecule has 108 valence electrons. The zero-order chi connectivity index (χ0) is 15.2. The van der Waals surface area contributed by atoms with Crippen molar-refractivity contribution < 1.29 is 4.42 Å². The Hall–Kier alpha value is -3.27. The van der Waals surface area contributed by atoms with E-state index in [9.17, 15) is 0 Å². The first kappa shape index (κ1) is 12.3. The fourth-order valence-corrected chi connectivity index (χ4v) is 2.85. The van der Waals surface area contributed by atoms with E-state index in [4.69, 9.17) is 4.42 Å². The number of para-hydroxylation sites is 1. The molecule has 0 bridgehead atoms. The van der Waals surface area contributed by atoms with Crippen LogP contribution in [0.3, 0.4) is 0 Å². The average molecular weight is 297 g/mol. The smallest absolute Gasteiger partial charge is 0.227 e. The van der Waals surface area contributed by atoms with Crippen LogP contribution < -0.4 is 0 Å². The van der Waals surface area contributed by atoms with E-state index < -0.39 is 0 Å². The van der Waals surface area contributed by atoms with Gasteiger partial charge in [-0.25, -0.2) is 4.98 Å². The summed E-state index contributed by atoms with van der Waals surface area (Å²) in [6.45, 7) is 0. The maximum atomic E-state index is 5.85. The van der Waals surface area contributed by atoms with E-state index in [-0.39, 0.29) is 0 Å². The van der Waals surface area contributed by atoms with Gasteiger partial charge in [0.1, 0.15) is 5.58 Å². The lowest BCUT2D eigenvalue weighted by Gasteiger charge is -2.01. The van der Waals surface area contributed by atoms with Crippen molar-refractivity contribution in [3.05, 3.63) is 67.0 Å². The molecule has 5 rings (SSSR count). The molecule has 0 unspecified atom stereocenters. The summed E-state index contributed by atoms with van der Waals surface area (Å²) in [5.74, 6) is 0. The summed E-state index contributed by atoms with van der Waals surface area (Å²) in [7, 11) is 0. The first-order valence-electron chi connectivity index (χ1n) is 7.38. The van der Waals surface area contributed by atoms with Crippen LogP contribution >= 0.6 is 0 Å². The monoisotopic (exact) mass is 297 g/mol. The molecule has 0 N–H and O–H groups in total. The standard InChI is InChI=1S/C19H11N3O/c1-2-6-18-13(5-1)14-7-8-15(22-19(14)23-18)17-10-16-12(11-21-17)4-3-9-20-16/h1-11H. The Morgan fingerprint density at radius 2 is 1.74 bits per heavy atom. The molecular formula is C19H11N3O. The molecule has 4 nitrogen and oxygen atoms in total. The molecule has 0 amide bonds. The Labute approximate surface area is 131 Å². The van der Waals surface area contributed by atoms with E-state index in [0.717, 1.165) is 38.6 Å². The zero-order valence-electron chi connectivity index (χ0n) is 12.1. The number of hydrogen-bond donors (Lipinski definition) is 0. The van der Waals surface area contributed by atoms with Crippen LogP contribution in [0.4, 0.5) is 0 Å². The lowest BCUT2D eigenvalue weighted by Crippen LogP contribution is -1.88. The second kappa shape index (κ2) is 4.61. The highest BCUT2D eigenvalue weighted by molar-refractivity contribution is 6.03. The van der Waals surface area contributed by atoms with Crippen molar-refractivity contribution in [2.24, 2.45) is 0 Å². The number of aromatic nitrogens is 3.